The van der Waals surface area contributed by atoms with Gasteiger partial charge in [0.1, 0.15) is 6.61 Å². The molecule has 4 nitrogen and oxygen atoms in total. The Labute approximate surface area is 81.1 Å². The zero-order valence-corrected chi connectivity index (χ0v) is 7.69. The lowest BCUT2D eigenvalue weighted by Gasteiger charge is -2.24. The number of carbonyl (C=O) groups is 1. The number of benzene rings is 1. The molecule has 0 saturated carbocycles. The van der Waals surface area contributed by atoms with E-state index < -0.39 is 6.10 Å². The molecule has 14 heavy (non-hydrogen) atoms. The van der Waals surface area contributed by atoms with Crippen molar-refractivity contribution < 1.29 is 19.4 Å². The van der Waals surface area contributed by atoms with Gasteiger partial charge in [0.05, 0.1) is 0 Å². The standard InChI is InChI=1S/C10H10O4/c1-6(11)9-5-13-8-4-2-3-7(12)10(8)14-9/h2-4,9,12H,5H2,1H3. The molecule has 0 aliphatic carbocycles. The van der Waals surface area contributed by atoms with Crippen molar-refractivity contribution in [1.82, 2.24) is 0 Å². The van der Waals surface area contributed by atoms with Crippen LogP contribution >= 0.6 is 0 Å². The molecule has 1 unspecified atom stereocenters. The molecule has 1 aromatic carbocycles. The maximum atomic E-state index is 11.0. The van der Waals surface area contributed by atoms with Gasteiger partial charge in [0.25, 0.3) is 0 Å². The van der Waals surface area contributed by atoms with Gasteiger partial charge in [-0.3, -0.25) is 4.79 Å². The van der Waals surface area contributed by atoms with Crippen LogP contribution in [0.25, 0.3) is 0 Å². The number of para-hydroxylation sites is 1. The second-order valence-corrected chi connectivity index (χ2v) is 3.13. The third-order valence-electron chi connectivity index (χ3n) is 2.06. The van der Waals surface area contributed by atoms with E-state index in [1.165, 1.54) is 13.0 Å². The number of aromatic hydroxyl groups is 1. The normalized spacial score (nSPS) is 19.1. The van der Waals surface area contributed by atoms with Crippen LogP contribution < -0.4 is 9.47 Å². The Bertz CT molecular complexity index is 372. The predicted octanol–water partition coefficient (Wildman–Crippen LogP) is 1.12. The molecule has 0 radical (unpaired) electrons. The number of hydrogen-bond acceptors (Lipinski definition) is 4. The summed E-state index contributed by atoms with van der Waals surface area (Å²) in [6, 6.07) is 4.84. The molecule has 1 aromatic rings. The zero-order chi connectivity index (χ0) is 10.1. The lowest BCUT2D eigenvalue weighted by Crippen LogP contribution is -2.34. The molecular weight excluding hydrogens is 184 g/mol. The zero-order valence-electron chi connectivity index (χ0n) is 7.69. The minimum Gasteiger partial charge on any atom is -0.504 e. The summed E-state index contributed by atoms with van der Waals surface area (Å²) < 4.78 is 10.6. The van der Waals surface area contributed by atoms with Crippen LogP contribution in [0.3, 0.4) is 0 Å². The molecule has 1 aliphatic rings. The number of ketones is 1. The van der Waals surface area contributed by atoms with Crippen LogP contribution in [-0.2, 0) is 4.79 Å². The molecule has 0 spiro atoms. The summed E-state index contributed by atoms with van der Waals surface area (Å²) in [6.07, 6.45) is -0.615. The maximum Gasteiger partial charge on any atom is 0.204 e. The lowest BCUT2D eigenvalue weighted by atomic mass is 10.2. The third kappa shape index (κ3) is 1.39. The second kappa shape index (κ2) is 3.21. The monoisotopic (exact) mass is 194 g/mol. The Hall–Kier alpha value is -1.71. The molecular formula is C10H10O4. The highest BCUT2D eigenvalue weighted by Crippen LogP contribution is 2.39. The van der Waals surface area contributed by atoms with Gasteiger partial charge < -0.3 is 14.6 Å². The summed E-state index contributed by atoms with van der Waals surface area (Å²) in [6.45, 7) is 1.63. The largest absolute Gasteiger partial charge is 0.504 e. The van der Waals surface area contributed by atoms with Crippen molar-refractivity contribution in [2.75, 3.05) is 6.61 Å². The van der Waals surface area contributed by atoms with E-state index in [4.69, 9.17) is 9.47 Å². The number of phenols is 1. The van der Waals surface area contributed by atoms with Gasteiger partial charge >= 0.3 is 0 Å². The highest BCUT2D eigenvalue weighted by Gasteiger charge is 2.26. The van der Waals surface area contributed by atoms with Gasteiger partial charge in [0.2, 0.25) is 5.75 Å². The first-order valence-electron chi connectivity index (χ1n) is 4.30. The first-order chi connectivity index (χ1) is 6.68. The summed E-state index contributed by atoms with van der Waals surface area (Å²) in [5.74, 6) is 0.605. The van der Waals surface area contributed by atoms with Crippen molar-refractivity contribution in [3.05, 3.63) is 18.2 Å². The predicted molar refractivity (Wildman–Crippen MR) is 48.7 cm³/mol. The van der Waals surface area contributed by atoms with Crippen molar-refractivity contribution in [3.8, 4) is 17.2 Å². The molecule has 2 rings (SSSR count). The van der Waals surface area contributed by atoms with E-state index >= 15 is 0 Å². The van der Waals surface area contributed by atoms with Gasteiger partial charge in [-0.15, -0.1) is 0 Å². The molecule has 74 valence electrons. The maximum absolute atomic E-state index is 11.0. The van der Waals surface area contributed by atoms with Crippen LogP contribution in [0.5, 0.6) is 17.2 Å². The van der Waals surface area contributed by atoms with E-state index in [-0.39, 0.29) is 23.9 Å². The molecule has 0 fully saturated rings. The summed E-state index contributed by atoms with van der Waals surface area (Å²) in [5.41, 5.74) is 0. The summed E-state index contributed by atoms with van der Waals surface area (Å²) in [4.78, 5) is 11.0. The van der Waals surface area contributed by atoms with Gasteiger partial charge in [-0.1, -0.05) is 6.07 Å². The molecule has 0 saturated heterocycles. The van der Waals surface area contributed by atoms with E-state index in [9.17, 15) is 9.90 Å². The molecule has 1 heterocycles. The van der Waals surface area contributed by atoms with E-state index in [0.29, 0.717) is 5.75 Å². The fourth-order valence-corrected chi connectivity index (χ4v) is 1.28. The topological polar surface area (TPSA) is 55.8 Å². The van der Waals surface area contributed by atoms with E-state index in [0.717, 1.165) is 0 Å². The highest BCUT2D eigenvalue weighted by molar-refractivity contribution is 5.81. The number of rotatable bonds is 1. The minimum atomic E-state index is -0.615. The van der Waals surface area contributed by atoms with Gasteiger partial charge in [-0.2, -0.15) is 0 Å². The van der Waals surface area contributed by atoms with Crippen molar-refractivity contribution in [2.45, 2.75) is 13.0 Å². The van der Waals surface area contributed by atoms with Gasteiger partial charge in [-0.05, 0) is 19.1 Å². The average Bonchev–Trinajstić information content (AvgIpc) is 2.18. The van der Waals surface area contributed by atoms with E-state index in [2.05, 4.69) is 0 Å². The number of phenolic OH excluding ortho intramolecular Hbond substituents is 1. The number of hydrogen-bond donors (Lipinski definition) is 1. The minimum absolute atomic E-state index is 0.00606. The summed E-state index contributed by atoms with van der Waals surface area (Å²) in [7, 11) is 0. The van der Waals surface area contributed by atoms with Crippen molar-refractivity contribution in [1.29, 1.82) is 0 Å². The molecule has 0 bridgehead atoms. The number of carbonyl (C=O) groups excluding carboxylic acids is 1. The van der Waals surface area contributed by atoms with Crippen molar-refractivity contribution in [2.24, 2.45) is 0 Å². The highest BCUT2D eigenvalue weighted by atomic mass is 16.6. The quantitative estimate of drug-likeness (QED) is 0.727. The Morgan fingerprint density at radius 2 is 2.36 bits per heavy atom. The van der Waals surface area contributed by atoms with Gasteiger partial charge in [-0.25, -0.2) is 0 Å². The van der Waals surface area contributed by atoms with Gasteiger partial charge in [0, 0.05) is 0 Å². The Morgan fingerprint density at radius 1 is 1.57 bits per heavy atom. The third-order valence-corrected chi connectivity index (χ3v) is 2.06. The van der Waals surface area contributed by atoms with Crippen LogP contribution in [0, 0.1) is 0 Å². The van der Waals surface area contributed by atoms with Gasteiger partial charge in [0.15, 0.2) is 23.4 Å². The SMILES string of the molecule is CC(=O)C1COc2cccc(O)c2O1. The number of Topliss-reactive ketones (excluding diaryl/α,β-unsaturated/α-hetero) is 1. The summed E-state index contributed by atoms with van der Waals surface area (Å²) >= 11 is 0. The first-order valence-corrected chi connectivity index (χ1v) is 4.30. The molecule has 0 amide bonds. The smallest absolute Gasteiger partial charge is 0.204 e. The Balaban J connectivity index is 2.33. The number of ether oxygens (including phenoxy) is 2. The van der Waals surface area contributed by atoms with E-state index in [1.54, 1.807) is 12.1 Å². The van der Waals surface area contributed by atoms with Crippen molar-refractivity contribution >= 4 is 5.78 Å². The molecule has 1 atom stereocenters. The Morgan fingerprint density at radius 3 is 3.07 bits per heavy atom. The van der Waals surface area contributed by atoms with Crippen LogP contribution in [-0.4, -0.2) is 23.6 Å². The number of fused-ring (bicyclic) bond motifs is 1. The van der Waals surface area contributed by atoms with Crippen LogP contribution in [0.1, 0.15) is 6.92 Å². The summed E-state index contributed by atoms with van der Waals surface area (Å²) in [5, 5.41) is 9.44. The average molecular weight is 194 g/mol. The molecule has 1 aliphatic heterocycles. The molecule has 1 N–H and O–H groups in total. The van der Waals surface area contributed by atoms with Crippen molar-refractivity contribution in [3.63, 3.8) is 0 Å². The van der Waals surface area contributed by atoms with E-state index in [1.807, 2.05) is 0 Å². The fraction of sp³-hybridized carbons (Fsp3) is 0.300. The van der Waals surface area contributed by atoms with Crippen LogP contribution in [0.15, 0.2) is 18.2 Å². The first kappa shape index (κ1) is 8.87. The fourth-order valence-electron chi connectivity index (χ4n) is 1.28. The molecule has 4 heteroatoms. The second-order valence-electron chi connectivity index (χ2n) is 3.13. The molecule has 0 aromatic heterocycles. The Kier molecular flexibility index (Phi) is 2.04. The van der Waals surface area contributed by atoms with Crippen LogP contribution in [0.4, 0.5) is 0 Å². The van der Waals surface area contributed by atoms with Crippen LogP contribution in [0.2, 0.25) is 0 Å². The lowest BCUT2D eigenvalue weighted by molar-refractivity contribution is -0.125.